The topological polar surface area (TPSA) is 103 Å². The zero-order valence-corrected chi connectivity index (χ0v) is 17.0. The van der Waals surface area contributed by atoms with Gasteiger partial charge in [-0.25, -0.2) is 8.42 Å². The number of furan rings is 1. The van der Waals surface area contributed by atoms with E-state index in [0.717, 1.165) is 32.1 Å². The number of nitrogens with zero attached hydrogens (tertiary/aromatic N) is 5. The monoisotopic (exact) mass is 417 g/mol. The number of hydrogen-bond acceptors (Lipinski definition) is 7. The van der Waals surface area contributed by atoms with E-state index in [2.05, 4.69) is 15.5 Å². The summed E-state index contributed by atoms with van der Waals surface area (Å²) in [6.45, 7) is 0.205. The van der Waals surface area contributed by atoms with Crippen molar-refractivity contribution in [1.82, 2.24) is 24.5 Å². The molecule has 0 radical (unpaired) electrons. The molecule has 2 aromatic heterocycles. The summed E-state index contributed by atoms with van der Waals surface area (Å²) >= 11 is 0. The highest BCUT2D eigenvalue weighted by Gasteiger charge is 2.33. The molecule has 154 valence electrons. The largest absolute Gasteiger partial charge is 0.494 e. The Labute approximate surface area is 169 Å². The number of rotatable bonds is 7. The van der Waals surface area contributed by atoms with E-state index >= 15 is 0 Å². The van der Waals surface area contributed by atoms with Crippen LogP contribution in [0.4, 0.5) is 0 Å². The standard InChI is InChI=1S/C19H23N5O4S/c1-27-19-12-17(9-10-18(19)23-14-20-21-22-23)29(25,26)24(13-16-8-5-11-28-16)15-6-3-2-4-7-15/h5,8-12,14-15H,2-4,6-7,13H2,1H3. The first-order valence-corrected chi connectivity index (χ1v) is 11.0. The minimum atomic E-state index is -3.76. The van der Waals surface area contributed by atoms with Crippen molar-refractivity contribution in [3.63, 3.8) is 0 Å². The molecule has 2 heterocycles. The molecule has 1 aliphatic rings. The first kappa shape index (κ1) is 19.6. The van der Waals surface area contributed by atoms with Gasteiger partial charge in [-0.1, -0.05) is 19.3 Å². The van der Waals surface area contributed by atoms with E-state index in [1.54, 1.807) is 34.8 Å². The van der Waals surface area contributed by atoms with Crippen LogP contribution in [0.3, 0.4) is 0 Å². The number of benzene rings is 1. The van der Waals surface area contributed by atoms with Crippen LogP contribution in [0.5, 0.6) is 5.75 Å². The zero-order valence-electron chi connectivity index (χ0n) is 16.1. The summed E-state index contributed by atoms with van der Waals surface area (Å²) in [6.07, 6.45) is 7.87. The summed E-state index contributed by atoms with van der Waals surface area (Å²) in [5, 5.41) is 11.1. The summed E-state index contributed by atoms with van der Waals surface area (Å²) in [6, 6.07) is 8.24. The molecule has 0 aliphatic heterocycles. The zero-order chi connectivity index (χ0) is 20.3. The van der Waals surface area contributed by atoms with Crippen molar-refractivity contribution in [3.8, 4) is 11.4 Å². The van der Waals surface area contributed by atoms with Gasteiger partial charge in [0.2, 0.25) is 10.0 Å². The molecular weight excluding hydrogens is 394 g/mol. The van der Waals surface area contributed by atoms with Crippen molar-refractivity contribution in [2.24, 2.45) is 0 Å². The third-order valence-electron chi connectivity index (χ3n) is 5.23. The van der Waals surface area contributed by atoms with E-state index in [4.69, 9.17) is 9.15 Å². The van der Waals surface area contributed by atoms with Crippen LogP contribution < -0.4 is 4.74 Å². The van der Waals surface area contributed by atoms with Crippen LogP contribution in [0.1, 0.15) is 37.9 Å². The van der Waals surface area contributed by atoms with Gasteiger partial charge in [-0.2, -0.15) is 8.99 Å². The highest BCUT2D eigenvalue weighted by atomic mass is 32.2. The molecule has 1 aliphatic carbocycles. The van der Waals surface area contributed by atoms with Crippen LogP contribution in [0, 0.1) is 0 Å². The molecule has 10 heteroatoms. The lowest BCUT2D eigenvalue weighted by Gasteiger charge is -2.33. The van der Waals surface area contributed by atoms with Crippen molar-refractivity contribution in [3.05, 3.63) is 48.7 Å². The molecule has 0 unspecified atom stereocenters. The summed E-state index contributed by atoms with van der Waals surface area (Å²) in [4.78, 5) is 0.170. The van der Waals surface area contributed by atoms with Gasteiger partial charge < -0.3 is 9.15 Å². The summed E-state index contributed by atoms with van der Waals surface area (Å²) in [7, 11) is -2.28. The van der Waals surface area contributed by atoms with E-state index in [1.165, 1.54) is 24.2 Å². The van der Waals surface area contributed by atoms with Crippen molar-refractivity contribution in [1.29, 1.82) is 0 Å². The molecule has 4 rings (SSSR count). The van der Waals surface area contributed by atoms with Gasteiger partial charge in [0.25, 0.3) is 0 Å². The SMILES string of the molecule is COc1cc(S(=O)(=O)N(Cc2ccco2)C2CCCCC2)ccc1-n1cnnn1. The molecule has 0 N–H and O–H groups in total. The molecule has 0 atom stereocenters. The van der Waals surface area contributed by atoms with Gasteiger partial charge in [0.1, 0.15) is 23.5 Å². The second-order valence-corrected chi connectivity index (χ2v) is 8.90. The molecule has 3 aromatic rings. The van der Waals surface area contributed by atoms with Crippen LogP contribution in [-0.4, -0.2) is 46.1 Å². The first-order valence-electron chi connectivity index (χ1n) is 9.55. The number of aromatic nitrogens is 4. The minimum absolute atomic E-state index is 0.0518. The van der Waals surface area contributed by atoms with Gasteiger partial charge in [0.05, 0.1) is 24.8 Å². The fourth-order valence-corrected chi connectivity index (χ4v) is 5.42. The molecule has 29 heavy (non-hydrogen) atoms. The fraction of sp³-hybridized carbons (Fsp3) is 0.421. The van der Waals surface area contributed by atoms with Crippen LogP contribution >= 0.6 is 0 Å². The highest BCUT2D eigenvalue weighted by molar-refractivity contribution is 7.89. The van der Waals surface area contributed by atoms with Crippen molar-refractivity contribution in [2.75, 3.05) is 7.11 Å². The van der Waals surface area contributed by atoms with E-state index in [9.17, 15) is 8.42 Å². The third-order valence-corrected chi connectivity index (χ3v) is 7.12. The van der Waals surface area contributed by atoms with Gasteiger partial charge in [-0.05, 0) is 47.5 Å². The maximum atomic E-state index is 13.6. The second kappa shape index (κ2) is 8.34. The lowest BCUT2D eigenvalue weighted by atomic mass is 9.95. The van der Waals surface area contributed by atoms with Crippen LogP contribution in [0.15, 0.2) is 52.2 Å². The van der Waals surface area contributed by atoms with Crippen molar-refractivity contribution in [2.45, 2.75) is 49.6 Å². The van der Waals surface area contributed by atoms with Gasteiger partial charge in [0, 0.05) is 12.1 Å². The molecule has 0 saturated heterocycles. The molecule has 9 nitrogen and oxygen atoms in total. The molecule has 1 saturated carbocycles. The maximum Gasteiger partial charge on any atom is 0.243 e. The van der Waals surface area contributed by atoms with Gasteiger partial charge in [-0.3, -0.25) is 0 Å². The van der Waals surface area contributed by atoms with E-state index in [-0.39, 0.29) is 17.5 Å². The summed E-state index contributed by atoms with van der Waals surface area (Å²) < 4.78 is 41.1. The number of sulfonamides is 1. The average molecular weight is 417 g/mol. The Kier molecular flexibility index (Phi) is 5.63. The lowest BCUT2D eigenvalue weighted by Crippen LogP contribution is -2.40. The molecule has 1 fully saturated rings. The number of ether oxygens (including phenoxy) is 1. The molecule has 0 spiro atoms. The van der Waals surface area contributed by atoms with Gasteiger partial charge in [0.15, 0.2) is 0 Å². The van der Waals surface area contributed by atoms with Crippen LogP contribution in [-0.2, 0) is 16.6 Å². The maximum absolute atomic E-state index is 13.6. The Morgan fingerprint density at radius 3 is 2.72 bits per heavy atom. The van der Waals surface area contributed by atoms with E-state index < -0.39 is 10.0 Å². The van der Waals surface area contributed by atoms with E-state index in [0.29, 0.717) is 17.2 Å². The molecule has 0 bridgehead atoms. The Hall–Kier alpha value is -2.72. The Morgan fingerprint density at radius 2 is 2.07 bits per heavy atom. The van der Waals surface area contributed by atoms with Gasteiger partial charge >= 0.3 is 0 Å². The van der Waals surface area contributed by atoms with Crippen LogP contribution in [0.25, 0.3) is 5.69 Å². The third kappa shape index (κ3) is 4.03. The molecule has 0 amide bonds. The van der Waals surface area contributed by atoms with Crippen molar-refractivity contribution >= 4 is 10.0 Å². The Balaban J connectivity index is 1.71. The normalized spacial score (nSPS) is 15.7. The number of methoxy groups -OCH3 is 1. The Morgan fingerprint density at radius 1 is 1.24 bits per heavy atom. The Bertz CT molecular complexity index is 1030. The average Bonchev–Trinajstić information content (AvgIpc) is 3.46. The van der Waals surface area contributed by atoms with Gasteiger partial charge in [-0.15, -0.1) is 5.10 Å². The summed E-state index contributed by atoms with van der Waals surface area (Å²) in [5.41, 5.74) is 0.562. The quantitative estimate of drug-likeness (QED) is 0.582. The molecule has 1 aromatic carbocycles. The first-order chi connectivity index (χ1) is 14.1. The van der Waals surface area contributed by atoms with Crippen molar-refractivity contribution < 1.29 is 17.6 Å². The minimum Gasteiger partial charge on any atom is -0.494 e. The smallest absolute Gasteiger partial charge is 0.243 e. The second-order valence-electron chi connectivity index (χ2n) is 7.01. The number of tetrazole rings is 1. The van der Waals surface area contributed by atoms with E-state index in [1.807, 2.05) is 0 Å². The molecular formula is C19H23N5O4S. The highest BCUT2D eigenvalue weighted by Crippen LogP contribution is 2.32. The lowest BCUT2D eigenvalue weighted by molar-refractivity contribution is 0.234. The summed E-state index contributed by atoms with van der Waals surface area (Å²) in [5.74, 6) is 0.997. The van der Waals surface area contributed by atoms with Crippen LogP contribution in [0.2, 0.25) is 0 Å². The predicted octanol–water partition coefficient (Wildman–Crippen LogP) is 2.79. The predicted molar refractivity (Wildman–Crippen MR) is 104 cm³/mol. The fourth-order valence-electron chi connectivity index (χ4n) is 3.75. The number of hydrogen-bond donors (Lipinski definition) is 0.